The molecule has 0 aromatic carbocycles. The lowest BCUT2D eigenvalue weighted by Crippen LogP contribution is -2.09. The summed E-state index contributed by atoms with van der Waals surface area (Å²) < 4.78 is 1.75. The Morgan fingerprint density at radius 1 is 1.64 bits per heavy atom. The number of nitrogens with zero attached hydrogens (tertiary/aromatic N) is 2. The molecule has 0 fully saturated rings. The van der Waals surface area contributed by atoms with Crippen molar-refractivity contribution in [1.82, 2.24) is 9.78 Å². The number of nitrogen functional groups attached to an aromatic ring is 2. The van der Waals surface area contributed by atoms with Crippen LogP contribution in [-0.4, -0.2) is 9.78 Å². The molecule has 4 nitrogen and oxygen atoms in total. The molecule has 0 amide bonds. The summed E-state index contributed by atoms with van der Waals surface area (Å²) in [6.45, 7) is 4.14. The van der Waals surface area contributed by atoms with Crippen molar-refractivity contribution in [2.45, 2.75) is 26.3 Å². The quantitative estimate of drug-likeness (QED) is 0.668. The van der Waals surface area contributed by atoms with Crippen molar-refractivity contribution < 1.29 is 0 Å². The van der Waals surface area contributed by atoms with E-state index in [4.69, 9.17) is 11.5 Å². The molecular formula is C7H14N4. The molecule has 4 N–H and O–H groups in total. The molecule has 0 aliphatic carbocycles. The third kappa shape index (κ3) is 1.29. The van der Waals surface area contributed by atoms with Gasteiger partial charge in [0, 0.05) is 0 Å². The Morgan fingerprint density at radius 2 is 2.27 bits per heavy atom. The second-order valence-corrected chi connectivity index (χ2v) is 2.69. The fraction of sp³-hybridized carbons (Fsp3) is 0.571. The molecule has 0 saturated carbocycles. The molecule has 0 aliphatic rings. The average Bonchev–Trinajstić information content (AvgIpc) is 2.32. The summed E-state index contributed by atoms with van der Waals surface area (Å²) in [7, 11) is 0. The first kappa shape index (κ1) is 7.91. The van der Waals surface area contributed by atoms with Gasteiger partial charge in [-0.3, -0.25) is 0 Å². The lowest BCUT2D eigenvalue weighted by Gasteiger charge is -2.10. The summed E-state index contributed by atoms with van der Waals surface area (Å²) in [5.41, 5.74) is 11.7. The Hall–Kier alpha value is -1.19. The molecule has 0 aliphatic heterocycles. The van der Waals surface area contributed by atoms with Crippen LogP contribution in [-0.2, 0) is 0 Å². The van der Waals surface area contributed by atoms with Gasteiger partial charge in [-0.1, -0.05) is 6.92 Å². The maximum absolute atomic E-state index is 5.65. The van der Waals surface area contributed by atoms with Crippen molar-refractivity contribution in [2.75, 3.05) is 11.5 Å². The summed E-state index contributed by atoms with van der Waals surface area (Å²) in [4.78, 5) is 0. The first-order chi connectivity index (χ1) is 5.16. The van der Waals surface area contributed by atoms with Crippen LogP contribution in [0.5, 0.6) is 0 Å². The molecule has 0 spiro atoms. The lowest BCUT2D eigenvalue weighted by atomic mass is 10.3. The Kier molecular flexibility index (Phi) is 2.03. The second kappa shape index (κ2) is 2.82. The fourth-order valence-electron chi connectivity index (χ4n) is 0.909. The summed E-state index contributed by atoms with van der Waals surface area (Å²) in [6, 6.07) is 0.326. The van der Waals surface area contributed by atoms with E-state index in [1.54, 1.807) is 10.9 Å². The van der Waals surface area contributed by atoms with Crippen LogP contribution in [0.25, 0.3) is 0 Å². The zero-order valence-corrected chi connectivity index (χ0v) is 6.91. The first-order valence-corrected chi connectivity index (χ1v) is 3.75. The van der Waals surface area contributed by atoms with E-state index < -0.39 is 0 Å². The third-order valence-electron chi connectivity index (χ3n) is 1.87. The van der Waals surface area contributed by atoms with Gasteiger partial charge in [0.25, 0.3) is 0 Å². The average molecular weight is 154 g/mol. The predicted molar refractivity (Wildman–Crippen MR) is 46.1 cm³/mol. The van der Waals surface area contributed by atoms with Gasteiger partial charge in [0.2, 0.25) is 0 Å². The molecule has 11 heavy (non-hydrogen) atoms. The molecule has 1 rings (SSSR count). The molecule has 1 heterocycles. The standard InChI is InChI=1S/C7H14N4/c1-3-5(2)11-7(9)6(8)4-10-11/h4-5H,3,8-9H2,1-2H3. The van der Waals surface area contributed by atoms with Gasteiger partial charge in [0.05, 0.1) is 17.9 Å². The number of aromatic nitrogens is 2. The summed E-state index contributed by atoms with van der Waals surface area (Å²) in [6.07, 6.45) is 2.59. The molecule has 4 heteroatoms. The van der Waals surface area contributed by atoms with Crippen LogP contribution in [0, 0.1) is 0 Å². The predicted octanol–water partition coefficient (Wildman–Crippen LogP) is 1.02. The van der Waals surface area contributed by atoms with Crippen molar-refractivity contribution in [2.24, 2.45) is 0 Å². The van der Waals surface area contributed by atoms with Crippen molar-refractivity contribution in [3.05, 3.63) is 6.20 Å². The fourth-order valence-corrected chi connectivity index (χ4v) is 0.909. The Morgan fingerprint density at radius 3 is 2.64 bits per heavy atom. The highest BCUT2D eigenvalue weighted by Gasteiger charge is 2.08. The van der Waals surface area contributed by atoms with Gasteiger partial charge in [-0.2, -0.15) is 5.10 Å². The highest BCUT2D eigenvalue weighted by atomic mass is 15.3. The maximum atomic E-state index is 5.65. The number of hydrogen-bond acceptors (Lipinski definition) is 3. The zero-order valence-electron chi connectivity index (χ0n) is 6.91. The van der Waals surface area contributed by atoms with E-state index in [2.05, 4.69) is 18.9 Å². The molecular weight excluding hydrogens is 140 g/mol. The van der Waals surface area contributed by atoms with E-state index >= 15 is 0 Å². The normalized spacial score (nSPS) is 13.3. The Labute approximate surface area is 66.2 Å². The van der Waals surface area contributed by atoms with E-state index in [0.29, 0.717) is 17.5 Å². The topological polar surface area (TPSA) is 69.9 Å². The Bertz CT molecular complexity index is 241. The van der Waals surface area contributed by atoms with Crippen molar-refractivity contribution >= 4 is 11.5 Å². The summed E-state index contributed by atoms with van der Waals surface area (Å²) in [5.74, 6) is 0.569. The van der Waals surface area contributed by atoms with Gasteiger partial charge in [-0.15, -0.1) is 0 Å². The monoisotopic (exact) mass is 154 g/mol. The molecule has 1 aromatic rings. The van der Waals surface area contributed by atoms with Gasteiger partial charge in [0.15, 0.2) is 0 Å². The van der Waals surface area contributed by atoms with Gasteiger partial charge in [0.1, 0.15) is 5.82 Å². The van der Waals surface area contributed by atoms with E-state index in [9.17, 15) is 0 Å². The van der Waals surface area contributed by atoms with E-state index in [1.165, 1.54) is 0 Å². The minimum absolute atomic E-state index is 0.326. The van der Waals surface area contributed by atoms with Crippen molar-refractivity contribution in [3.8, 4) is 0 Å². The number of rotatable bonds is 2. The molecule has 62 valence electrons. The number of hydrogen-bond donors (Lipinski definition) is 2. The number of nitrogens with two attached hydrogens (primary N) is 2. The van der Waals surface area contributed by atoms with Crippen LogP contribution < -0.4 is 11.5 Å². The molecule has 1 atom stereocenters. The van der Waals surface area contributed by atoms with E-state index in [0.717, 1.165) is 6.42 Å². The molecule has 0 radical (unpaired) electrons. The van der Waals surface area contributed by atoms with Gasteiger partial charge >= 0.3 is 0 Å². The summed E-state index contributed by atoms with van der Waals surface area (Å²) in [5, 5.41) is 4.05. The lowest BCUT2D eigenvalue weighted by molar-refractivity contribution is 0.485. The minimum Gasteiger partial charge on any atom is -0.394 e. The van der Waals surface area contributed by atoms with Crippen molar-refractivity contribution in [1.29, 1.82) is 0 Å². The highest BCUT2D eigenvalue weighted by Crippen LogP contribution is 2.19. The van der Waals surface area contributed by atoms with E-state index in [-0.39, 0.29) is 0 Å². The molecule has 0 bridgehead atoms. The maximum Gasteiger partial charge on any atom is 0.145 e. The summed E-state index contributed by atoms with van der Waals surface area (Å²) >= 11 is 0. The second-order valence-electron chi connectivity index (χ2n) is 2.69. The van der Waals surface area contributed by atoms with Crippen LogP contribution in [0.1, 0.15) is 26.3 Å². The molecule has 1 aromatic heterocycles. The van der Waals surface area contributed by atoms with Crippen LogP contribution in [0.3, 0.4) is 0 Å². The Balaban J connectivity index is 2.94. The largest absolute Gasteiger partial charge is 0.394 e. The van der Waals surface area contributed by atoms with Gasteiger partial charge in [-0.25, -0.2) is 4.68 Å². The first-order valence-electron chi connectivity index (χ1n) is 3.75. The van der Waals surface area contributed by atoms with Crippen LogP contribution in [0.15, 0.2) is 6.20 Å². The molecule has 0 saturated heterocycles. The highest BCUT2D eigenvalue weighted by molar-refractivity contribution is 5.57. The van der Waals surface area contributed by atoms with E-state index in [1.807, 2.05) is 0 Å². The van der Waals surface area contributed by atoms with Crippen LogP contribution in [0.2, 0.25) is 0 Å². The van der Waals surface area contributed by atoms with Crippen LogP contribution >= 0.6 is 0 Å². The van der Waals surface area contributed by atoms with Crippen LogP contribution in [0.4, 0.5) is 11.5 Å². The smallest absolute Gasteiger partial charge is 0.145 e. The van der Waals surface area contributed by atoms with Crippen molar-refractivity contribution in [3.63, 3.8) is 0 Å². The SMILES string of the molecule is CCC(C)n1ncc(N)c1N. The zero-order chi connectivity index (χ0) is 8.43. The van der Waals surface area contributed by atoms with Gasteiger partial charge in [-0.05, 0) is 13.3 Å². The number of anilines is 2. The third-order valence-corrected chi connectivity index (χ3v) is 1.87. The molecule has 1 unspecified atom stereocenters. The minimum atomic E-state index is 0.326. The van der Waals surface area contributed by atoms with Gasteiger partial charge < -0.3 is 11.5 Å².